The summed E-state index contributed by atoms with van der Waals surface area (Å²) >= 11 is 0. The van der Waals surface area contributed by atoms with Crippen LogP contribution in [0.15, 0.2) is 24.8 Å². The van der Waals surface area contributed by atoms with Crippen molar-refractivity contribution < 1.29 is 119 Å². The smallest absolute Gasteiger partial charge is 0.320 e. The summed E-state index contributed by atoms with van der Waals surface area (Å²) in [4.78, 5) is 41.3. The van der Waals surface area contributed by atoms with Gasteiger partial charge in [-0.15, -0.1) is 20.4 Å². The predicted octanol–water partition coefficient (Wildman–Crippen LogP) is -5.39. The highest BCUT2D eigenvalue weighted by Crippen LogP contribution is 2.30. The molecule has 0 bridgehead atoms. The van der Waals surface area contributed by atoms with Crippen LogP contribution in [0.1, 0.15) is 121 Å². The van der Waals surface area contributed by atoms with Crippen molar-refractivity contribution in [3.05, 3.63) is 47.6 Å². The van der Waals surface area contributed by atoms with Crippen molar-refractivity contribution >= 4 is 17.8 Å². The average Bonchev–Trinajstić information content (AvgIpc) is 1.21. The van der Waals surface area contributed by atoms with Crippen LogP contribution < -0.4 is 10.6 Å². The maximum atomic E-state index is 13.5. The summed E-state index contributed by atoms with van der Waals surface area (Å²) in [6.07, 6.45) is -5.92. The number of nitrogens with zero attached hydrogens (tertiary/aromatic N) is 14. The summed E-state index contributed by atoms with van der Waals surface area (Å²) in [6, 6.07) is -3.21. The third-order valence-corrected chi connectivity index (χ3v) is 18.9. The molecular weight excluding hydrogens is 1380 g/mol. The molecule has 4 aromatic rings. The maximum absolute atomic E-state index is 13.5. The fourth-order valence-electron chi connectivity index (χ4n) is 12.9. The minimum Gasteiger partial charge on any atom is -0.480 e. The van der Waals surface area contributed by atoms with Crippen LogP contribution in [-0.2, 0) is 105 Å². The van der Waals surface area contributed by atoms with Crippen molar-refractivity contribution in [3.63, 3.8) is 0 Å². The fourth-order valence-corrected chi connectivity index (χ4v) is 12.9. The van der Waals surface area contributed by atoms with E-state index in [1.54, 1.807) is 49.9 Å². The second kappa shape index (κ2) is 42.0. The summed E-state index contributed by atoms with van der Waals surface area (Å²) in [5.41, 5.74) is 2.26. The highest BCUT2D eigenvalue weighted by molar-refractivity contribution is 5.74. The minimum atomic E-state index is -1.46. The van der Waals surface area contributed by atoms with Crippen LogP contribution in [0.25, 0.3) is 0 Å². The minimum absolute atomic E-state index is 0.0541. The highest BCUT2D eigenvalue weighted by Gasteiger charge is 2.48. The lowest BCUT2D eigenvalue weighted by Crippen LogP contribution is -2.64. The second-order valence-electron chi connectivity index (χ2n) is 27.2. The zero-order valence-electron chi connectivity index (χ0n) is 59.3. The molecule has 4 fully saturated rings. The van der Waals surface area contributed by atoms with Gasteiger partial charge in [-0.1, -0.05) is 41.1 Å². The van der Waals surface area contributed by atoms with Gasteiger partial charge in [0.05, 0.1) is 61.4 Å². The molecule has 0 saturated carbocycles. The number of nitrogens with one attached hydrogen (secondary N) is 2. The van der Waals surface area contributed by atoms with E-state index in [9.17, 15) is 80.8 Å². The molecule has 4 aromatic heterocycles. The van der Waals surface area contributed by atoms with E-state index in [2.05, 4.69) is 56.8 Å². The Bertz CT molecular complexity index is 3150. The molecule has 0 aliphatic carbocycles. The summed E-state index contributed by atoms with van der Waals surface area (Å²) < 4.78 is 53.0. The molecule has 0 radical (unpaired) electrons. The fraction of sp³-hybridized carbons (Fsp3) is 0.828. The van der Waals surface area contributed by atoms with Gasteiger partial charge >= 0.3 is 5.97 Å². The Balaban J connectivity index is 0.899. The number of carboxylic acids is 1. The van der Waals surface area contributed by atoms with E-state index in [4.69, 9.17) is 37.9 Å². The molecule has 0 aromatic carbocycles. The zero-order chi connectivity index (χ0) is 75.0. The molecule has 4 aliphatic rings. The quantitative estimate of drug-likeness (QED) is 0.0184. The lowest BCUT2D eigenvalue weighted by Gasteiger charge is -2.42. The van der Waals surface area contributed by atoms with E-state index >= 15 is 0 Å². The molecule has 0 spiro atoms. The van der Waals surface area contributed by atoms with Gasteiger partial charge < -0.3 is 115 Å². The number of aliphatic carboxylic acids is 1. The highest BCUT2D eigenvalue weighted by atomic mass is 16.7. The molecule has 8 rings (SSSR count). The van der Waals surface area contributed by atoms with Crippen LogP contribution in [0.4, 0.5) is 0 Å². The Morgan fingerprint density at radius 1 is 0.442 bits per heavy atom. The van der Waals surface area contributed by atoms with Crippen molar-refractivity contribution in [3.8, 4) is 0 Å². The van der Waals surface area contributed by atoms with Crippen LogP contribution in [0.2, 0.25) is 0 Å². The van der Waals surface area contributed by atoms with Crippen molar-refractivity contribution in [2.45, 2.75) is 267 Å². The van der Waals surface area contributed by atoms with Crippen LogP contribution >= 0.6 is 0 Å². The van der Waals surface area contributed by atoms with Gasteiger partial charge in [0, 0.05) is 129 Å². The number of aliphatic hydroxyl groups is 12. The van der Waals surface area contributed by atoms with Gasteiger partial charge in [0.1, 0.15) is 79.2 Å². The first kappa shape index (κ1) is 83.7. The second-order valence-corrected chi connectivity index (χ2v) is 27.2. The number of hydrogen-bond acceptors (Lipinski definition) is 33. The lowest BCUT2D eigenvalue weighted by atomic mass is 9.92. The summed E-state index contributed by atoms with van der Waals surface area (Å²) in [5.74, 6) is -3.10. The number of aliphatic hydroxyl groups excluding tert-OH is 12. The number of amides is 2. The van der Waals surface area contributed by atoms with Crippen molar-refractivity contribution in [1.82, 2.24) is 80.4 Å². The Kier molecular flexibility index (Phi) is 33.8. The van der Waals surface area contributed by atoms with E-state index in [1.165, 1.54) is 13.8 Å². The number of ether oxygens (including phenoxy) is 8. The third-order valence-electron chi connectivity index (χ3n) is 18.9. The number of aromatic nitrogens is 12. The van der Waals surface area contributed by atoms with E-state index in [0.29, 0.717) is 133 Å². The molecule has 40 nitrogen and oxygen atoms in total. The number of carbonyl (C=O) groups excluding carboxylic acids is 2. The lowest BCUT2D eigenvalue weighted by molar-refractivity contribution is -0.282. The first-order chi connectivity index (χ1) is 50.0. The summed E-state index contributed by atoms with van der Waals surface area (Å²) in [7, 11) is 0. The van der Waals surface area contributed by atoms with Gasteiger partial charge in [0.2, 0.25) is 11.8 Å². The molecule has 4 aliphatic heterocycles. The van der Waals surface area contributed by atoms with Gasteiger partial charge in [-0.25, -0.2) is 0 Å². The zero-order valence-corrected chi connectivity index (χ0v) is 59.3. The summed E-state index contributed by atoms with van der Waals surface area (Å²) in [5, 5.41) is 174. The van der Waals surface area contributed by atoms with Gasteiger partial charge in [-0.3, -0.25) is 42.9 Å². The molecule has 15 N–H and O–H groups in total. The Hall–Kier alpha value is -5.91. The molecule has 104 heavy (non-hydrogen) atoms. The topological polar surface area (TPSA) is 541 Å². The molecular formula is C64H108N16O24. The summed E-state index contributed by atoms with van der Waals surface area (Å²) in [6.45, 7) is 7.57. The van der Waals surface area contributed by atoms with Crippen LogP contribution in [0.3, 0.4) is 0 Å². The molecule has 2 amide bonds. The predicted molar refractivity (Wildman–Crippen MR) is 354 cm³/mol. The van der Waals surface area contributed by atoms with Crippen LogP contribution in [0.5, 0.6) is 0 Å². The molecule has 4 saturated heterocycles. The Morgan fingerprint density at radius 2 is 0.750 bits per heavy atom. The number of unbranched alkanes of at least 4 members (excludes halogenated alkanes) is 5. The maximum Gasteiger partial charge on any atom is 0.320 e. The number of hydrogen-bond donors (Lipinski definition) is 15. The third kappa shape index (κ3) is 24.3. The first-order valence-electron chi connectivity index (χ1n) is 35.7. The monoisotopic (exact) mass is 1480 g/mol. The SMILES string of the molecule is CC(=O)N[C@H]1[C@H](OCCCCn2cc(CN(CCCCC(C(=O)O)N(Cc3cn(CCCCO[C@@H]4O[C@H](CO)[C@H](O)[C@H](O)[C@H]4C)nn3)Cc3cn(CCCCO[C@@H]4O[C@H](CO)[C@H](O)[C@H](O)[C@H]4NC(C)=O)nn3)Cc3cn(CCCCO[C@@H]4O[C@H](CO)[C@H](O)[C@H](O)[C@H]4C)nn3)nn2)O[C@H](CO)[C@H](O)[C@@H]1O. The van der Waals surface area contributed by atoms with Gasteiger partial charge in [-0.2, -0.15) is 0 Å². The van der Waals surface area contributed by atoms with Crippen LogP contribution in [-0.4, -0.2) is 330 Å². The first-order valence-corrected chi connectivity index (χ1v) is 35.7. The normalized spacial score (nSPS) is 29.9. The van der Waals surface area contributed by atoms with Crippen molar-refractivity contribution in [2.75, 3.05) is 59.4 Å². The molecule has 1 unspecified atom stereocenters. The number of aryl methyl sites for hydroxylation is 4. The average molecular weight is 1490 g/mol. The van der Waals surface area contributed by atoms with Gasteiger partial charge in [0.25, 0.3) is 0 Å². The van der Waals surface area contributed by atoms with Crippen molar-refractivity contribution in [1.29, 1.82) is 0 Å². The number of rotatable bonds is 45. The number of carbonyl (C=O) groups is 3. The van der Waals surface area contributed by atoms with E-state index < -0.39 is 173 Å². The molecule has 21 atom stereocenters. The van der Waals surface area contributed by atoms with E-state index in [1.807, 2.05) is 12.4 Å². The molecule has 40 heteroatoms. The Morgan fingerprint density at radius 3 is 1.07 bits per heavy atom. The van der Waals surface area contributed by atoms with Gasteiger partial charge in [-0.05, 0) is 70.8 Å². The van der Waals surface area contributed by atoms with Crippen LogP contribution in [0, 0.1) is 11.8 Å². The van der Waals surface area contributed by atoms with E-state index in [0.717, 1.165) is 0 Å². The molecule has 8 heterocycles. The standard InChI is InChI=1S/C64H108N16O24/c1-37-52(87)54(89)46(33-81)101-61(37)97-21-11-7-17-77-29-41(67-71-77)25-75(26-42-30-78(72-68-42)18-9-13-23-99-63-50(65-39(3)85)58(93)56(91)48(35-83)103-63)16-6-5-15-45(60(95)96)76(27-43-31-79(73-69-43)19-8-12-22-98-62-38(2)53(88)55(90)47(34-82)102-62)28-44-32-80(74-70-44)20-10-14-24-100-64-51(66-40(4)86)59(94)57(92)49(36-84)104-64/h29-32,37-38,45-59,61-64,81-84,87-94H,5-28,33-36H2,1-4H3,(H,65,85)(H,66,86)(H,95,96)/t37-,38-,45?,46-,47-,48-,49-,50-,51-,52-,53-,54+,55+,56+,57+,58-,59-,61-,62-,63-,64-/m1/s1. The molecule has 588 valence electrons. The Labute approximate surface area is 601 Å². The van der Waals surface area contributed by atoms with Gasteiger partial charge in [0.15, 0.2) is 25.2 Å². The number of carboxylic acid groups (broad SMARTS) is 1. The largest absolute Gasteiger partial charge is 0.480 e. The van der Waals surface area contributed by atoms with Crippen molar-refractivity contribution in [2.24, 2.45) is 11.8 Å². The van der Waals surface area contributed by atoms with E-state index in [-0.39, 0.29) is 45.9 Å².